The maximum absolute atomic E-state index is 14.2. The average Bonchev–Trinajstić information content (AvgIpc) is 3.32. The largest absolute Gasteiger partial charge is 0.433 e. The third-order valence-electron chi connectivity index (χ3n) is 12.7. The first-order valence-electron chi connectivity index (χ1n) is 22.4. The van der Waals surface area contributed by atoms with Crippen molar-refractivity contribution in [3.05, 3.63) is 148 Å². The number of piperidine rings is 1. The molecule has 67 heavy (non-hydrogen) atoms. The highest BCUT2D eigenvalue weighted by Gasteiger charge is 2.41. The highest BCUT2D eigenvalue weighted by molar-refractivity contribution is 6.27. The Hall–Kier alpha value is -7.17. The number of benzene rings is 2. The van der Waals surface area contributed by atoms with Crippen LogP contribution in [0.3, 0.4) is 0 Å². The number of aryl methyl sites for hydroxylation is 2. The summed E-state index contributed by atoms with van der Waals surface area (Å²) in [4.78, 5) is 35.1. The van der Waals surface area contributed by atoms with Gasteiger partial charge in [0.25, 0.3) is 0 Å². The monoisotopic (exact) mass is 913 g/mol. The number of guanidine groups is 2. The second-order valence-electron chi connectivity index (χ2n) is 17.3. The highest BCUT2D eigenvalue weighted by Crippen LogP contribution is 2.41. The lowest BCUT2D eigenvalue weighted by Gasteiger charge is -2.33. The Morgan fingerprint density at radius 1 is 0.612 bits per heavy atom. The zero-order chi connectivity index (χ0) is 46.5. The third kappa shape index (κ3) is 9.06. The van der Waals surface area contributed by atoms with Crippen LogP contribution in [0.1, 0.15) is 102 Å². The summed E-state index contributed by atoms with van der Waals surface area (Å²) in [5.74, 6) is 1.07. The summed E-state index contributed by atoms with van der Waals surface area (Å²) in [6, 6.07) is 20.8. The van der Waals surface area contributed by atoms with E-state index in [1.165, 1.54) is 16.9 Å². The fourth-order valence-corrected chi connectivity index (χ4v) is 9.15. The van der Waals surface area contributed by atoms with E-state index >= 15 is 0 Å². The predicted octanol–water partition coefficient (Wildman–Crippen LogP) is 12.3. The number of hydrogen-bond acceptors (Lipinski definition) is 11. The highest BCUT2D eigenvalue weighted by atomic mass is 19.4. The minimum absolute atomic E-state index is 0.0512. The average molecular weight is 914 g/mol. The van der Waals surface area contributed by atoms with Gasteiger partial charge in [-0.05, 0) is 129 Å². The number of rotatable bonds is 9. The van der Waals surface area contributed by atoms with Crippen LogP contribution < -0.4 is 15.5 Å². The van der Waals surface area contributed by atoms with Gasteiger partial charge in [-0.25, -0.2) is 29.8 Å². The number of anilines is 5. The number of amidine groups is 1. The SMILES string of the molecule is Cc1cccnc1Nc1cc(C2CCCCC2)ccc1C1=CC2=CC(c3ccc(N4CCCCC4)cc3Nc3ncccc3C)=NC3=NC(c4cc(C(F)(F)F)nc(C(F)(F)F)c4)=NC(=N1)N23. The molecule has 342 valence electrons. The molecule has 2 aromatic carbocycles. The number of halogens is 6. The Bertz CT molecular complexity index is 2810. The van der Waals surface area contributed by atoms with Gasteiger partial charge in [-0.1, -0.05) is 43.5 Å². The molecule has 0 bridgehead atoms. The summed E-state index contributed by atoms with van der Waals surface area (Å²) in [7, 11) is 0. The number of aromatic nitrogens is 3. The van der Waals surface area contributed by atoms with Crippen LogP contribution in [0.2, 0.25) is 0 Å². The van der Waals surface area contributed by atoms with Gasteiger partial charge in [-0.2, -0.15) is 36.3 Å². The smallest absolute Gasteiger partial charge is 0.371 e. The lowest BCUT2D eigenvalue weighted by molar-refractivity contribution is -0.150. The molecule has 1 saturated heterocycles. The minimum atomic E-state index is -5.20. The van der Waals surface area contributed by atoms with Crippen LogP contribution in [0.25, 0.3) is 5.70 Å². The molecule has 2 fully saturated rings. The van der Waals surface area contributed by atoms with Crippen molar-refractivity contribution in [2.75, 3.05) is 28.6 Å². The normalized spacial score (nSPS) is 17.7. The van der Waals surface area contributed by atoms with Crippen molar-refractivity contribution in [2.24, 2.45) is 20.0 Å². The van der Waals surface area contributed by atoms with Gasteiger partial charge in [-0.3, -0.25) is 0 Å². The molecule has 5 aliphatic rings. The van der Waals surface area contributed by atoms with E-state index in [2.05, 4.69) is 52.6 Å². The van der Waals surface area contributed by atoms with Crippen LogP contribution in [-0.2, 0) is 12.4 Å². The van der Waals surface area contributed by atoms with E-state index in [0.29, 0.717) is 63.6 Å². The summed E-state index contributed by atoms with van der Waals surface area (Å²) < 4.78 is 85.1. The number of nitrogens with one attached hydrogen (secondary N) is 2. The molecule has 17 heteroatoms. The van der Waals surface area contributed by atoms with Gasteiger partial charge in [0.15, 0.2) is 5.84 Å². The van der Waals surface area contributed by atoms with Crippen molar-refractivity contribution < 1.29 is 26.3 Å². The van der Waals surface area contributed by atoms with Crippen LogP contribution >= 0.6 is 0 Å². The molecule has 0 spiro atoms. The summed E-state index contributed by atoms with van der Waals surface area (Å²) in [5.41, 5.74) is 4.03. The molecule has 11 nitrogen and oxygen atoms in total. The first kappa shape index (κ1) is 43.7. The van der Waals surface area contributed by atoms with Crippen molar-refractivity contribution >= 4 is 57.9 Å². The second kappa shape index (κ2) is 17.6. The topological polar surface area (TPSA) is 119 Å². The Kier molecular flexibility index (Phi) is 11.5. The number of aliphatic imine (C=N–C) groups is 4. The first-order valence-corrected chi connectivity index (χ1v) is 22.4. The molecule has 1 aliphatic carbocycles. The molecule has 0 atom stereocenters. The van der Waals surface area contributed by atoms with Crippen LogP contribution in [-0.4, -0.2) is 56.4 Å². The molecule has 7 heterocycles. The summed E-state index contributed by atoms with van der Waals surface area (Å²) in [5, 5.41) is 7.07. The van der Waals surface area contributed by atoms with Crippen LogP contribution in [0, 0.1) is 13.8 Å². The van der Waals surface area contributed by atoms with Crippen LogP contribution in [0.4, 0.5) is 55.0 Å². The van der Waals surface area contributed by atoms with Crippen molar-refractivity contribution in [1.29, 1.82) is 0 Å². The zero-order valence-corrected chi connectivity index (χ0v) is 36.7. The lowest BCUT2D eigenvalue weighted by atomic mass is 9.83. The second-order valence-corrected chi connectivity index (χ2v) is 17.3. The third-order valence-corrected chi connectivity index (χ3v) is 12.7. The minimum Gasteiger partial charge on any atom is -0.371 e. The predicted molar refractivity (Wildman–Crippen MR) is 249 cm³/mol. The number of hydrogen-bond donors (Lipinski definition) is 2. The lowest BCUT2D eigenvalue weighted by Crippen LogP contribution is -2.42. The van der Waals surface area contributed by atoms with E-state index < -0.39 is 35.1 Å². The molecule has 10 rings (SSSR count). The van der Waals surface area contributed by atoms with Gasteiger partial charge in [0.05, 0.1) is 22.8 Å². The van der Waals surface area contributed by atoms with Crippen LogP contribution in [0.15, 0.2) is 123 Å². The summed E-state index contributed by atoms with van der Waals surface area (Å²) in [6.45, 7) is 5.70. The quantitative estimate of drug-likeness (QED) is 0.141. The van der Waals surface area contributed by atoms with E-state index in [1.54, 1.807) is 12.4 Å². The maximum atomic E-state index is 14.2. The van der Waals surface area contributed by atoms with Crippen molar-refractivity contribution in [2.45, 2.75) is 83.5 Å². The van der Waals surface area contributed by atoms with Gasteiger partial charge < -0.3 is 15.5 Å². The molecule has 4 aliphatic heterocycles. The number of pyridine rings is 3. The zero-order valence-electron chi connectivity index (χ0n) is 36.7. The Labute approximate surface area is 382 Å². The van der Waals surface area contributed by atoms with Crippen molar-refractivity contribution in [3.8, 4) is 0 Å². The van der Waals surface area contributed by atoms with E-state index in [-0.39, 0.29) is 11.9 Å². The standard InChI is InChI=1S/C50H45F6N11/c1-29-11-9-19-57-44(29)59-38-23-32(31-13-5-3-6-14-31)15-17-36(38)40-27-35-28-41(37-18-16-34(66-21-7-4-8-22-66)26-39(37)60-45-30(2)12-10-20-58-45)62-48-65-46(64-47(61-40)67(35)48)33-24-42(49(51,52)53)63-43(25-33)50(54,55)56/h9-12,15-20,23-28,31H,3-8,13-14,21-22H2,1-2H3,(H,57,59)(H,58,60). The molecule has 0 radical (unpaired) electrons. The first-order chi connectivity index (χ1) is 32.2. The van der Waals surface area contributed by atoms with Gasteiger partial charge in [0, 0.05) is 53.5 Å². The Morgan fingerprint density at radius 2 is 1.22 bits per heavy atom. The van der Waals surface area contributed by atoms with Crippen molar-refractivity contribution in [1.82, 2.24) is 19.9 Å². The Morgan fingerprint density at radius 3 is 1.87 bits per heavy atom. The molecule has 1 saturated carbocycles. The number of alkyl halides is 6. The van der Waals surface area contributed by atoms with Crippen molar-refractivity contribution in [3.63, 3.8) is 0 Å². The molecule has 3 aromatic heterocycles. The van der Waals surface area contributed by atoms with Gasteiger partial charge in [0.1, 0.15) is 23.0 Å². The molecular formula is C50H45F6N11. The molecule has 0 unspecified atom stereocenters. The van der Waals surface area contributed by atoms with E-state index in [9.17, 15) is 26.3 Å². The molecule has 5 aromatic rings. The van der Waals surface area contributed by atoms with Crippen LogP contribution in [0.5, 0.6) is 0 Å². The molecular weight excluding hydrogens is 869 g/mol. The number of allylic oxidation sites excluding steroid dienone is 2. The molecule has 0 amide bonds. The molecule has 2 N–H and O–H groups in total. The fourth-order valence-electron chi connectivity index (χ4n) is 9.15. The van der Waals surface area contributed by atoms with E-state index in [4.69, 9.17) is 9.98 Å². The maximum Gasteiger partial charge on any atom is 0.433 e. The fraction of sp³-hybridized carbons (Fsp3) is 0.300. The van der Waals surface area contributed by atoms with Gasteiger partial charge in [-0.15, -0.1) is 0 Å². The van der Waals surface area contributed by atoms with E-state index in [0.717, 1.165) is 80.5 Å². The van der Waals surface area contributed by atoms with Gasteiger partial charge in [0.2, 0.25) is 11.9 Å². The van der Waals surface area contributed by atoms with Gasteiger partial charge >= 0.3 is 12.4 Å². The van der Waals surface area contributed by atoms with E-state index in [1.807, 2.05) is 74.5 Å². The summed E-state index contributed by atoms with van der Waals surface area (Å²) >= 11 is 0. The summed E-state index contributed by atoms with van der Waals surface area (Å²) in [6.07, 6.45) is 5.57. The Balaban J connectivity index is 1.16. The number of nitrogens with zero attached hydrogens (tertiary/aromatic N) is 9.